The van der Waals surface area contributed by atoms with Crippen molar-refractivity contribution in [3.05, 3.63) is 38.3 Å². The monoisotopic (exact) mass is 329 g/mol. The Bertz CT molecular complexity index is 461. The van der Waals surface area contributed by atoms with Crippen molar-refractivity contribution in [1.29, 1.82) is 0 Å². The van der Waals surface area contributed by atoms with Crippen molar-refractivity contribution in [2.45, 2.75) is 25.9 Å². The Kier molecular flexibility index (Phi) is 5.46. The van der Waals surface area contributed by atoms with Crippen LogP contribution in [0.1, 0.15) is 19.4 Å². The molecule has 5 nitrogen and oxygen atoms in total. The summed E-state index contributed by atoms with van der Waals surface area (Å²) >= 11 is 3.34. The van der Waals surface area contributed by atoms with Crippen molar-refractivity contribution >= 4 is 21.6 Å². The van der Waals surface area contributed by atoms with Crippen LogP contribution in [0.25, 0.3) is 0 Å². The average Bonchev–Trinajstić information content (AvgIpc) is 2.28. The first-order valence-electron chi connectivity index (χ1n) is 6.05. The van der Waals surface area contributed by atoms with Gasteiger partial charge in [-0.15, -0.1) is 0 Å². The summed E-state index contributed by atoms with van der Waals surface area (Å²) in [6.07, 6.45) is 0. The highest BCUT2D eigenvalue weighted by molar-refractivity contribution is 9.10. The first kappa shape index (κ1) is 16.1. The molecule has 0 fully saturated rings. The normalized spacial score (nSPS) is 11.9. The van der Waals surface area contributed by atoms with E-state index in [2.05, 4.69) is 40.0 Å². The highest BCUT2D eigenvalue weighted by Crippen LogP contribution is 2.23. The quantitative estimate of drug-likeness (QED) is 0.644. The zero-order valence-corrected chi connectivity index (χ0v) is 13.3. The number of nitrogens with zero attached hydrogens (tertiary/aromatic N) is 2. The van der Waals surface area contributed by atoms with E-state index in [1.807, 2.05) is 14.1 Å². The van der Waals surface area contributed by atoms with Gasteiger partial charge >= 0.3 is 0 Å². The van der Waals surface area contributed by atoms with E-state index in [0.29, 0.717) is 12.1 Å². The highest BCUT2D eigenvalue weighted by Gasteiger charge is 2.20. The number of benzene rings is 1. The molecule has 0 atom stereocenters. The summed E-state index contributed by atoms with van der Waals surface area (Å²) in [5, 5.41) is 14.2. The summed E-state index contributed by atoms with van der Waals surface area (Å²) in [6, 6.07) is 5.00. The molecule has 1 aromatic carbocycles. The number of rotatable bonds is 6. The molecule has 0 amide bonds. The molecule has 0 saturated carbocycles. The Morgan fingerprint density at radius 3 is 2.58 bits per heavy atom. The van der Waals surface area contributed by atoms with Crippen molar-refractivity contribution in [2.75, 3.05) is 20.6 Å². The highest BCUT2D eigenvalue weighted by atomic mass is 79.9. The van der Waals surface area contributed by atoms with Crippen LogP contribution in [0.3, 0.4) is 0 Å². The van der Waals surface area contributed by atoms with Gasteiger partial charge in [0.05, 0.1) is 4.92 Å². The van der Waals surface area contributed by atoms with Crippen molar-refractivity contribution in [1.82, 2.24) is 10.2 Å². The van der Waals surface area contributed by atoms with Gasteiger partial charge in [0.2, 0.25) is 0 Å². The summed E-state index contributed by atoms with van der Waals surface area (Å²) in [5.74, 6) is 0. The van der Waals surface area contributed by atoms with Gasteiger partial charge in [0.1, 0.15) is 0 Å². The van der Waals surface area contributed by atoms with Crippen LogP contribution >= 0.6 is 15.9 Å². The number of nitrogens with one attached hydrogen (secondary N) is 1. The number of halogens is 1. The smallest absolute Gasteiger partial charge is 0.273 e. The first-order chi connectivity index (χ1) is 8.74. The van der Waals surface area contributed by atoms with Crippen molar-refractivity contribution in [2.24, 2.45) is 0 Å². The zero-order valence-electron chi connectivity index (χ0n) is 11.7. The minimum Gasteiger partial charge on any atom is -0.311 e. The largest absolute Gasteiger partial charge is 0.311 e. The van der Waals surface area contributed by atoms with Gasteiger partial charge in [0.25, 0.3) is 5.69 Å². The summed E-state index contributed by atoms with van der Waals surface area (Å²) in [6.45, 7) is 5.47. The lowest BCUT2D eigenvalue weighted by molar-refractivity contribution is -0.385. The molecule has 1 aromatic rings. The van der Waals surface area contributed by atoms with E-state index in [-0.39, 0.29) is 16.1 Å². The minimum atomic E-state index is -0.347. The van der Waals surface area contributed by atoms with Crippen LogP contribution in [-0.4, -0.2) is 36.0 Å². The summed E-state index contributed by atoms with van der Waals surface area (Å²) in [7, 11) is 4.03. The Morgan fingerprint density at radius 2 is 2.05 bits per heavy atom. The molecule has 0 bridgehead atoms. The molecule has 0 unspecified atom stereocenters. The fraction of sp³-hybridized carbons (Fsp3) is 0.538. The topological polar surface area (TPSA) is 58.4 Å². The average molecular weight is 330 g/mol. The van der Waals surface area contributed by atoms with Gasteiger partial charge in [0, 0.05) is 34.7 Å². The molecule has 0 aliphatic carbocycles. The van der Waals surface area contributed by atoms with Crippen molar-refractivity contribution in [3.8, 4) is 0 Å². The van der Waals surface area contributed by atoms with Crippen LogP contribution in [0.5, 0.6) is 0 Å². The molecule has 1 rings (SSSR count). The maximum absolute atomic E-state index is 11.0. The first-order valence-corrected chi connectivity index (χ1v) is 6.84. The molecule has 0 spiro atoms. The maximum atomic E-state index is 11.0. The van der Waals surface area contributed by atoms with E-state index in [0.717, 1.165) is 11.0 Å². The molecule has 0 radical (unpaired) electrons. The lowest BCUT2D eigenvalue weighted by Crippen LogP contribution is -2.46. The molecule has 0 aromatic heterocycles. The second-order valence-electron chi connectivity index (χ2n) is 5.34. The fourth-order valence-corrected chi connectivity index (χ4v) is 1.94. The summed E-state index contributed by atoms with van der Waals surface area (Å²) in [5.41, 5.74) is 0.841. The Balaban J connectivity index is 2.73. The lowest BCUT2D eigenvalue weighted by Gasteiger charge is -2.32. The third-order valence-electron chi connectivity index (χ3n) is 3.32. The van der Waals surface area contributed by atoms with Gasteiger partial charge < -0.3 is 10.2 Å². The summed E-state index contributed by atoms with van der Waals surface area (Å²) < 4.78 is 0.849. The number of likely N-dealkylation sites (N-methyl/N-ethyl adjacent to an activating group) is 1. The molecule has 0 heterocycles. The zero-order chi connectivity index (χ0) is 14.6. The van der Waals surface area contributed by atoms with Gasteiger partial charge in [-0.2, -0.15) is 0 Å². The van der Waals surface area contributed by atoms with Crippen LogP contribution in [0.15, 0.2) is 22.7 Å². The van der Waals surface area contributed by atoms with Crippen molar-refractivity contribution < 1.29 is 4.92 Å². The second-order valence-corrected chi connectivity index (χ2v) is 6.26. The van der Waals surface area contributed by atoms with Gasteiger partial charge in [0.15, 0.2) is 0 Å². The van der Waals surface area contributed by atoms with Crippen LogP contribution in [0.2, 0.25) is 0 Å². The van der Waals surface area contributed by atoms with Crippen LogP contribution in [0.4, 0.5) is 5.69 Å². The SMILES string of the molecule is CN(C)C(C)(C)CNCc1cc(Br)ccc1[N+](=O)[O-]. The second kappa shape index (κ2) is 6.45. The van der Waals surface area contributed by atoms with E-state index in [4.69, 9.17) is 0 Å². The minimum absolute atomic E-state index is 0.000786. The maximum Gasteiger partial charge on any atom is 0.273 e. The van der Waals surface area contributed by atoms with E-state index in [9.17, 15) is 10.1 Å². The number of hydrogen-bond donors (Lipinski definition) is 1. The van der Waals surface area contributed by atoms with Crippen LogP contribution in [-0.2, 0) is 6.54 Å². The molecule has 0 aliphatic heterocycles. The molecule has 19 heavy (non-hydrogen) atoms. The number of hydrogen-bond acceptors (Lipinski definition) is 4. The molecule has 106 valence electrons. The molecule has 6 heteroatoms. The Morgan fingerprint density at radius 1 is 1.42 bits per heavy atom. The van der Waals surface area contributed by atoms with Gasteiger partial charge in [-0.3, -0.25) is 10.1 Å². The molecular weight excluding hydrogens is 310 g/mol. The standard InChI is InChI=1S/C13H20BrN3O2/c1-13(2,16(3)4)9-15-8-10-7-11(14)5-6-12(10)17(18)19/h5-7,15H,8-9H2,1-4H3. The molecule has 0 saturated heterocycles. The third-order valence-corrected chi connectivity index (χ3v) is 3.82. The third kappa shape index (κ3) is 4.56. The van der Waals surface area contributed by atoms with Crippen molar-refractivity contribution in [3.63, 3.8) is 0 Å². The van der Waals surface area contributed by atoms with Crippen LogP contribution in [0, 0.1) is 10.1 Å². The number of nitro groups is 1. The predicted octanol–water partition coefficient (Wildman–Crippen LogP) is 2.79. The molecule has 1 N–H and O–H groups in total. The van der Waals surface area contributed by atoms with E-state index < -0.39 is 0 Å². The predicted molar refractivity (Wildman–Crippen MR) is 80.3 cm³/mol. The van der Waals surface area contributed by atoms with Crippen LogP contribution < -0.4 is 5.32 Å². The van der Waals surface area contributed by atoms with Gasteiger partial charge in [-0.05, 0) is 40.1 Å². The number of nitro benzene ring substituents is 1. The van der Waals surface area contributed by atoms with Gasteiger partial charge in [-0.1, -0.05) is 15.9 Å². The van der Waals surface area contributed by atoms with E-state index >= 15 is 0 Å². The Hall–Kier alpha value is -0.980. The van der Waals surface area contributed by atoms with Gasteiger partial charge in [-0.25, -0.2) is 0 Å². The Labute approximate surface area is 122 Å². The van der Waals surface area contributed by atoms with E-state index in [1.54, 1.807) is 12.1 Å². The fourth-order valence-electron chi connectivity index (χ4n) is 1.53. The molecular formula is C13H20BrN3O2. The van der Waals surface area contributed by atoms with E-state index in [1.165, 1.54) is 6.07 Å². The summed E-state index contributed by atoms with van der Waals surface area (Å²) in [4.78, 5) is 12.7. The molecule has 0 aliphatic rings. The lowest BCUT2D eigenvalue weighted by atomic mass is 10.0.